The number of thiazole rings is 1. The molecule has 4 rings (SSSR count). The van der Waals surface area contributed by atoms with Gasteiger partial charge in [0, 0.05) is 18.8 Å². The third kappa shape index (κ3) is 4.73. The fourth-order valence-electron chi connectivity index (χ4n) is 3.62. The molecular formula is C22H25N3O4S2. The average molecular weight is 460 g/mol. The van der Waals surface area contributed by atoms with Crippen molar-refractivity contribution in [1.82, 2.24) is 9.29 Å². The van der Waals surface area contributed by atoms with Gasteiger partial charge >= 0.3 is 0 Å². The zero-order valence-corrected chi connectivity index (χ0v) is 19.2. The molecule has 0 radical (unpaired) electrons. The molecule has 0 spiro atoms. The Labute approximate surface area is 186 Å². The molecule has 1 aliphatic rings. The van der Waals surface area contributed by atoms with Crippen LogP contribution in [0.25, 0.3) is 10.8 Å². The van der Waals surface area contributed by atoms with Crippen LogP contribution in [0.5, 0.6) is 0 Å². The highest BCUT2D eigenvalue weighted by atomic mass is 32.2. The Hall–Kier alpha value is -2.49. The van der Waals surface area contributed by atoms with Gasteiger partial charge in [0.25, 0.3) is 5.91 Å². The van der Waals surface area contributed by atoms with Crippen LogP contribution in [-0.4, -0.2) is 36.7 Å². The summed E-state index contributed by atoms with van der Waals surface area (Å²) in [6.45, 7) is 4.69. The van der Waals surface area contributed by atoms with Crippen LogP contribution < -0.4 is 5.32 Å². The lowest BCUT2D eigenvalue weighted by molar-refractivity contribution is 0.102. The largest absolute Gasteiger partial charge is 0.459 e. The summed E-state index contributed by atoms with van der Waals surface area (Å²) in [5.41, 5.74) is 1.03. The molecule has 1 fully saturated rings. The van der Waals surface area contributed by atoms with E-state index in [2.05, 4.69) is 10.3 Å². The monoisotopic (exact) mass is 459 g/mol. The quantitative estimate of drug-likeness (QED) is 0.589. The lowest BCUT2D eigenvalue weighted by atomic mass is 10.2. The molecule has 0 saturated carbocycles. The van der Waals surface area contributed by atoms with Crippen LogP contribution in [0, 0.1) is 13.8 Å². The van der Waals surface area contributed by atoms with Crippen molar-refractivity contribution in [3.05, 3.63) is 52.7 Å². The van der Waals surface area contributed by atoms with Gasteiger partial charge in [-0.05, 0) is 57.0 Å². The molecule has 1 aromatic carbocycles. The van der Waals surface area contributed by atoms with E-state index in [1.807, 2.05) is 19.1 Å². The van der Waals surface area contributed by atoms with Gasteiger partial charge in [-0.2, -0.15) is 4.31 Å². The number of benzene rings is 1. The number of aromatic nitrogens is 1. The normalized spacial score (nSPS) is 15.5. The number of sulfonamides is 1. The fourth-order valence-corrected chi connectivity index (χ4v) is 6.10. The summed E-state index contributed by atoms with van der Waals surface area (Å²) in [5.74, 6) is 1.07. The zero-order valence-electron chi connectivity index (χ0n) is 17.6. The van der Waals surface area contributed by atoms with Crippen LogP contribution in [0.15, 0.2) is 45.7 Å². The number of aryl methyl sites for hydroxylation is 2. The molecule has 3 aromatic rings. The molecule has 0 aliphatic carbocycles. The number of nitrogens with one attached hydrogen (secondary N) is 1. The van der Waals surface area contributed by atoms with Gasteiger partial charge in [-0.15, -0.1) is 11.3 Å². The number of hydrogen-bond donors (Lipinski definition) is 1. The molecule has 7 nitrogen and oxygen atoms in total. The Balaban J connectivity index is 1.54. The highest BCUT2D eigenvalue weighted by Crippen LogP contribution is 2.30. The number of carbonyl (C=O) groups is 1. The summed E-state index contributed by atoms with van der Waals surface area (Å²) in [6.07, 6.45) is 3.85. The van der Waals surface area contributed by atoms with Gasteiger partial charge in [0.1, 0.15) is 10.6 Å². The smallest absolute Gasteiger partial charge is 0.267 e. The number of carbonyl (C=O) groups excluding carboxylic acids is 1. The highest BCUT2D eigenvalue weighted by Gasteiger charge is 2.26. The van der Waals surface area contributed by atoms with Crippen molar-refractivity contribution in [3.63, 3.8) is 0 Å². The number of anilines is 1. The maximum absolute atomic E-state index is 13.1. The summed E-state index contributed by atoms with van der Waals surface area (Å²) in [6, 6.07) is 10.1. The van der Waals surface area contributed by atoms with E-state index in [1.165, 1.54) is 17.4 Å². The van der Waals surface area contributed by atoms with Crippen molar-refractivity contribution < 1.29 is 17.6 Å². The van der Waals surface area contributed by atoms with Gasteiger partial charge in [-0.3, -0.25) is 4.79 Å². The summed E-state index contributed by atoms with van der Waals surface area (Å²) in [5, 5.41) is 3.45. The van der Waals surface area contributed by atoms with Crippen LogP contribution in [0.1, 0.15) is 46.8 Å². The van der Waals surface area contributed by atoms with Gasteiger partial charge < -0.3 is 9.73 Å². The van der Waals surface area contributed by atoms with Gasteiger partial charge in [-0.25, -0.2) is 13.4 Å². The number of nitrogens with zero attached hydrogens (tertiary/aromatic N) is 2. The van der Waals surface area contributed by atoms with Gasteiger partial charge in [0.15, 0.2) is 10.8 Å². The minimum Gasteiger partial charge on any atom is -0.459 e. The van der Waals surface area contributed by atoms with Crippen LogP contribution in [0.4, 0.5) is 5.69 Å². The molecule has 0 unspecified atom stereocenters. The van der Waals surface area contributed by atoms with Crippen molar-refractivity contribution in [1.29, 1.82) is 0 Å². The maximum Gasteiger partial charge on any atom is 0.267 e. The standard InChI is InChI=1S/C22H25N3O4S2/c1-15-10-11-19(29-15)22-23-16(2)20(30-22)21(26)24-17-8-7-9-18(14-17)31(27,28)25-12-5-3-4-6-13-25/h7-11,14H,3-6,12-13H2,1-2H3,(H,24,26). The second kappa shape index (κ2) is 8.94. The van der Waals surface area contributed by atoms with Crippen molar-refractivity contribution >= 4 is 33.0 Å². The second-order valence-electron chi connectivity index (χ2n) is 7.64. The molecule has 2 aromatic heterocycles. The van der Waals surface area contributed by atoms with Gasteiger partial charge in [0.05, 0.1) is 10.6 Å². The summed E-state index contributed by atoms with van der Waals surface area (Å²) in [4.78, 5) is 18.0. The van der Waals surface area contributed by atoms with E-state index in [0.29, 0.717) is 40.1 Å². The molecule has 31 heavy (non-hydrogen) atoms. The molecular weight excluding hydrogens is 434 g/mol. The van der Waals surface area contributed by atoms with E-state index in [4.69, 9.17) is 4.42 Å². The molecule has 0 atom stereocenters. The molecule has 1 aliphatic heterocycles. The van der Waals surface area contributed by atoms with E-state index in [9.17, 15) is 13.2 Å². The lowest BCUT2D eigenvalue weighted by Gasteiger charge is -2.20. The van der Waals surface area contributed by atoms with E-state index < -0.39 is 10.0 Å². The van der Waals surface area contributed by atoms with E-state index in [-0.39, 0.29) is 10.8 Å². The van der Waals surface area contributed by atoms with Crippen molar-refractivity contribution in [2.75, 3.05) is 18.4 Å². The van der Waals surface area contributed by atoms with Crippen LogP contribution in [0.3, 0.4) is 0 Å². The maximum atomic E-state index is 13.1. The Morgan fingerprint density at radius 1 is 1.10 bits per heavy atom. The van der Waals surface area contributed by atoms with Gasteiger partial charge in [-0.1, -0.05) is 18.9 Å². The lowest BCUT2D eigenvalue weighted by Crippen LogP contribution is -2.32. The minimum absolute atomic E-state index is 0.194. The minimum atomic E-state index is -3.59. The number of amides is 1. The first-order valence-corrected chi connectivity index (χ1v) is 12.6. The van der Waals surface area contributed by atoms with E-state index >= 15 is 0 Å². The Bertz CT molecular complexity index is 1190. The molecule has 1 saturated heterocycles. The fraction of sp³-hybridized carbons (Fsp3) is 0.364. The Kier molecular flexibility index (Phi) is 6.27. The van der Waals surface area contributed by atoms with Gasteiger partial charge in [0.2, 0.25) is 10.0 Å². The Morgan fingerprint density at radius 2 is 1.84 bits per heavy atom. The molecule has 0 bridgehead atoms. The topological polar surface area (TPSA) is 92.5 Å². The second-order valence-corrected chi connectivity index (χ2v) is 10.6. The van der Waals surface area contributed by atoms with Crippen molar-refractivity contribution in [3.8, 4) is 10.8 Å². The summed E-state index contributed by atoms with van der Waals surface area (Å²) < 4.78 is 33.3. The molecule has 164 valence electrons. The van der Waals surface area contributed by atoms with E-state index in [1.54, 1.807) is 29.4 Å². The van der Waals surface area contributed by atoms with Crippen LogP contribution >= 0.6 is 11.3 Å². The SMILES string of the molecule is Cc1ccc(-c2nc(C)c(C(=O)Nc3cccc(S(=O)(=O)N4CCCCCC4)c3)s2)o1. The third-order valence-electron chi connectivity index (χ3n) is 5.25. The molecule has 1 amide bonds. The number of rotatable bonds is 5. The predicted octanol–water partition coefficient (Wildman–Crippen LogP) is 4.84. The first kappa shape index (κ1) is 21.7. The first-order chi connectivity index (χ1) is 14.8. The Morgan fingerprint density at radius 3 is 2.52 bits per heavy atom. The van der Waals surface area contributed by atoms with Crippen LogP contribution in [0.2, 0.25) is 0 Å². The average Bonchev–Trinajstić information content (AvgIpc) is 3.23. The third-order valence-corrected chi connectivity index (χ3v) is 8.31. The summed E-state index contributed by atoms with van der Waals surface area (Å²) in [7, 11) is -3.59. The number of furan rings is 1. The van der Waals surface area contributed by atoms with E-state index in [0.717, 1.165) is 31.4 Å². The zero-order chi connectivity index (χ0) is 22.0. The van der Waals surface area contributed by atoms with Crippen LogP contribution in [-0.2, 0) is 10.0 Å². The highest BCUT2D eigenvalue weighted by molar-refractivity contribution is 7.89. The molecule has 3 heterocycles. The summed E-state index contributed by atoms with van der Waals surface area (Å²) >= 11 is 1.24. The molecule has 1 N–H and O–H groups in total. The molecule has 9 heteroatoms. The van der Waals surface area contributed by atoms with Crippen molar-refractivity contribution in [2.24, 2.45) is 0 Å². The first-order valence-electron chi connectivity index (χ1n) is 10.3. The van der Waals surface area contributed by atoms with Crippen molar-refractivity contribution in [2.45, 2.75) is 44.4 Å². The predicted molar refractivity (Wildman–Crippen MR) is 121 cm³/mol. The number of hydrogen-bond acceptors (Lipinski definition) is 6.